The summed E-state index contributed by atoms with van der Waals surface area (Å²) in [7, 11) is 0. The number of carbonyl (C=O) groups is 1. The Hall–Kier alpha value is -1.52. The zero-order valence-corrected chi connectivity index (χ0v) is 13.3. The van der Waals surface area contributed by atoms with E-state index in [1.54, 1.807) is 24.4 Å². The molecule has 1 aromatic carbocycles. The van der Waals surface area contributed by atoms with Gasteiger partial charge in [0.15, 0.2) is 0 Å². The fourth-order valence-electron chi connectivity index (χ4n) is 2.03. The molecule has 0 aliphatic heterocycles. The number of imidazole rings is 1. The molecule has 2 aromatic rings. The first-order chi connectivity index (χ1) is 10.1. The first-order valence-corrected chi connectivity index (χ1v) is 7.56. The minimum absolute atomic E-state index is 0.0700. The van der Waals surface area contributed by atoms with E-state index in [1.165, 1.54) is 0 Å². The molecule has 0 unspecified atom stereocenters. The van der Waals surface area contributed by atoms with Crippen molar-refractivity contribution in [3.63, 3.8) is 0 Å². The van der Waals surface area contributed by atoms with Crippen molar-refractivity contribution in [1.29, 1.82) is 0 Å². The lowest BCUT2D eigenvalue weighted by Gasteiger charge is -2.08. The summed E-state index contributed by atoms with van der Waals surface area (Å²) in [6, 6.07) is 5.20. The van der Waals surface area contributed by atoms with Crippen molar-refractivity contribution in [3.05, 3.63) is 52.0 Å². The third kappa shape index (κ3) is 4.48. The molecule has 2 rings (SSSR count). The van der Waals surface area contributed by atoms with Crippen LogP contribution in [0.2, 0.25) is 10.0 Å². The summed E-state index contributed by atoms with van der Waals surface area (Å²) in [5.74, 6) is 0.791. The molecular formula is C15H17Cl2N3O. The molecule has 0 saturated heterocycles. The van der Waals surface area contributed by atoms with E-state index in [0.717, 1.165) is 24.4 Å². The second-order valence-electron chi connectivity index (χ2n) is 4.74. The monoisotopic (exact) mass is 325 g/mol. The Morgan fingerprint density at radius 2 is 2.14 bits per heavy atom. The zero-order valence-electron chi connectivity index (χ0n) is 11.8. The fraction of sp³-hybridized carbons (Fsp3) is 0.333. The van der Waals surface area contributed by atoms with Crippen molar-refractivity contribution in [2.24, 2.45) is 0 Å². The van der Waals surface area contributed by atoms with Crippen molar-refractivity contribution in [2.45, 2.75) is 32.9 Å². The van der Waals surface area contributed by atoms with E-state index in [1.807, 2.05) is 10.8 Å². The highest BCUT2D eigenvalue weighted by Gasteiger charge is 2.08. The zero-order chi connectivity index (χ0) is 15.2. The molecule has 0 aliphatic carbocycles. The third-order valence-corrected chi connectivity index (χ3v) is 3.80. The molecule has 0 radical (unpaired) electrons. The van der Waals surface area contributed by atoms with Crippen LogP contribution in [0.3, 0.4) is 0 Å². The highest BCUT2D eigenvalue weighted by Crippen LogP contribution is 2.22. The summed E-state index contributed by atoms with van der Waals surface area (Å²) < 4.78 is 2.04. The minimum Gasteiger partial charge on any atom is -0.349 e. The average molecular weight is 326 g/mol. The number of hydrogen-bond donors (Lipinski definition) is 1. The van der Waals surface area contributed by atoms with Gasteiger partial charge in [-0.2, -0.15) is 0 Å². The summed E-state index contributed by atoms with van der Waals surface area (Å²) in [6.07, 6.45) is 4.96. The molecule has 1 aromatic heterocycles. The Balaban J connectivity index is 1.89. The third-order valence-electron chi connectivity index (χ3n) is 3.06. The number of rotatable bonds is 6. The Kier molecular flexibility index (Phi) is 5.65. The average Bonchev–Trinajstić information content (AvgIpc) is 2.89. The van der Waals surface area contributed by atoms with Gasteiger partial charge in [0, 0.05) is 18.9 Å². The molecule has 0 atom stereocenters. The van der Waals surface area contributed by atoms with Gasteiger partial charge in [-0.3, -0.25) is 4.79 Å². The summed E-state index contributed by atoms with van der Waals surface area (Å²) in [6.45, 7) is 3.43. The number of nitrogens with zero attached hydrogens (tertiary/aromatic N) is 2. The number of aromatic nitrogens is 2. The maximum atomic E-state index is 11.9. The molecule has 4 nitrogen and oxygen atoms in total. The van der Waals surface area contributed by atoms with Gasteiger partial charge < -0.3 is 9.88 Å². The van der Waals surface area contributed by atoms with Crippen LogP contribution in [0.4, 0.5) is 0 Å². The van der Waals surface area contributed by atoms with E-state index in [4.69, 9.17) is 23.2 Å². The van der Waals surface area contributed by atoms with E-state index in [0.29, 0.717) is 16.6 Å². The number of hydrogen-bond acceptors (Lipinski definition) is 2. The van der Waals surface area contributed by atoms with Gasteiger partial charge in [0.1, 0.15) is 5.82 Å². The molecule has 21 heavy (non-hydrogen) atoms. The van der Waals surface area contributed by atoms with Crippen molar-refractivity contribution in [1.82, 2.24) is 14.9 Å². The van der Waals surface area contributed by atoms with Crippen LogP contribution >= 0.6 is 23.2 Å². The molecule has 112 valence electrons. The van der Waals surface area contributed by atoms with Crippen LogP contribution in [0.25, 0.3) is 0 Å². The van der Waals surface area contributed by atoms with E-state index in [-0.39, 0.29) is 12.3 Å². The van der Waals surface area contributed by atoms with Crippen molar-refractivity contribution >= 4 is 29.1 Å². The van der Waals surface area contributed by atoms with Crippen LogP contribution < -0.4 is 5.32 Å². The molecule has 1 heterocycles. The quantitative estimate of drug-likeness (QED) is 0.884. The molecule has 0 bridgehead atoms. The first kappa shape index (κ1) is 15.9. The SMILES string of the molecule is CCCn1ccnc1CNC(=O)Cc1ccc(Cl)c(Cl)c1. The maximum Gasteiger partial charge on any atom is 0.224 e. The van der Waals surface area contributed by atoms with Gasteiger partial charge in [0.05, 0.1) is 23.0 Å². The van der Waals surface area contributed by atoms with E-state index in [2.05, 4.69) is 17.2 Å². The number of halogens is 2. The largest absolute Gasteiger partial charge is 0.349 e. The molecule has 0 spiro atoms. The maximum absolute atomic E-state index is 11.9. The smallest absolute Gasteiger partial charge is 0.224 e. The van der Waals surface area contributed by atoms with E-state index < -0.39 is 0 Å². The van der Waals surface area contributed by atoms with Crippen molar-refractivity contribution in [3.8, 4) is 0 Å². The number of benzene rings is 1. The molecule has 6 heteroatoms. The van der Waals surface area contributed by atoms with Gasteiger partial charge in [0.2, 0.25) is 5.91 Å². The Bertz CT molecular complexity index is 625. The molecule has 0 saturated carbocycles. The van der Waals surface area contributed by atoms with Crippen LogP contribution in [0.1, 0.15) is 24.7 Å². The lowest BCUT2D eigenvalue weighted by molar-refractivity contribution is -0.120. The normalized spacial score (nSPS) is 10.6. The molecule has 0 aliphatic rings. The predicted octanol–water partition coefficient (Wildman–Crippen LogP) is 3.46. The van der Waals surface area contributed by atoms with Gasteiger partial charge in [0.25, 0.3) is 0 Å². The van der Waals surface area contributed by atoms with Gasteiger partial charge in [-0.05, 0) is 24.1 Å². The number of nitrogens with one attached hydrogen (secondary N) is 1. The predicted molar refractivity (Wildman–Crippen MR) is 84.5 cm³/mol. The first-order valence-electron chi connectivity index (χ1n) is 6.80. The van der Waals surface area contributed by atoms with Crippen LogP contribution in [-0.4, -0.2) is 15.5 Å². The van der Waals surface area contributed by atoms with Crippen LogP contribution in [0.15, 0.2) is 30.6 Å². The number of carbonyl (C=O) groups excluding carboxylic acids is 1. The number of aryl methyl sites for hydroxylation is 1. The van der Waals surface area contributed by atoms with Gasteiger partial charge in [-0.1, -0.05) is 36.2 Å². The molecule has 0 fully saturated rings. The lowest BCUT2D eigenvalue weighted by atomic mass is 10.1. The van der Waals surface area contributed by atoms with Crippen LogP contribution in [0, 0.1) is 0 Å². The second-order valence-corrected chi connectivity index (χ2v) is 5.55. The Morgan fingerprint density at radius 1 is 1.33 bits per heavy atom. The Morgan fingerprint density at radius 3 is 2.86 bits per heavy atom. The van der Waals surface area contributed by atoms with Crippen LogP contribution in [0.5, 0.6) is 0 Å². The number of amides is 1. The topological polar surface area (TPSA) is 46.9 Å². The lowest BCUT2D eigenvalue weighted by Crippen LogP contribution is -2.26. The van der Waals surface area contributed by atoms with Crippen molar-refractivity contribution < 1.29 is 4.79 Å². The van der Waals surface area contributed by atoms with E-state index >= 15 is 0 Å². The standard InChI is InChI=1S/C15H17Cl2N3O/c1-2-6-20-7-5-18-14(20)10-19-15(21)9-11-3-4-12(16)13(17)8-11/h3-5,7-8H,2,6,9-10H2,1H3,(H,19,21). The molecule has 1 amide bonds. The summed E-state index contributed by atoms with van der Waals surface area (Å²) >= 11 is 11.8. The fourth-order valence-corrected chi connectivity index (χ4v) is 2.35. The summed E-state index contributed by atoms with van der Waals surface area (Å²) in [5.41, 5.74) is 0.832. The molecular weight excluding hydrogens is 309 g/mol. The summed E-state index contributed by atoms with van der Waals surface area (Å²) in [5, 5.41) is 3.82. The highest BCUT2D eigenvalue weighted by atomic mass is 35.5. The van der Waals surface area contributed by atoms with Gasteiger partial charge in [-0.15, -0.1) is 0 Å². The van der Waals surface area contributed by atoms with Gasteiger partial charge in [-0.25, -0.2) is 4.98 Å². The van der Waals surface area contributed by atoms with Gasteiger partial charge >= 0.3 is 0 Å². The Labute approximate surface area is 134 Å². The highest BCUT2D eigenvalue weighted by molar-refractivity contribution is 6.42. The van der Waals surface area contributed by atoms with E-state index in [9.17, 15) is 4.79 Å². The minimum atomic E-state index is -0.0700. The molecule has 1 N–H and O–H groups in total. The van der Waals surface area contributed by atoms with Crippen molar-refractivity contribution in [2.75, 3.05) is 0 Å². The van der Waals surface area contributed by atoms with Crippen LogP contribution in [-0.2, 0) is 24.3 Å². The second kappa shape index (κ2) is 7.48. The summed E-state index contributed by atoms with van der Waals surface area (Å²) in [4.78, 5) is 16.2.